The fraction of sp³-hybridized carbons (Fsp3) is 0.200. The summed E-state index contributed by atoms with van der Waals surface area (Å²) in [6.07, 6.45) is -0.798. The van der Waals surface area contributed by atoms with Gasteiger partial charge in [-0.15, -0.1) is 0 Å². The molecule has 0 fully saturated rings. The number of hydrogen-bond donors (Lipinski definition) is 2. The number of aliphatic hydroxyl groups is 1. The van der Waals surface area contributed by atoms with Gasteiger partial charge in [-0.2, -0.15) is 0 Å². The Bertz CT molecular complexity index is 617. The first-order chi connectivity index (χ1) is 10.1. The van der Waals surface area contributed by atoms with Crippen LogP contribution in [0.5, 0.6) is 0 Å². The second-order valence-corrected chi connectivity index (χ2v) is 4.58. The molecule has 0 saturated carbocycles. The lowest BCUT2D eigenvalue weighted by Crippen LogP contribution is -2.21. The molecule has 2 aromatic rings. The Balaban J connectivity index is 1.92. The van der Waals surface area contributed by atoms with E-state index in [0.717, 1.165) is 0 Å². The van der Waals surface area contributed by atoms with Crippen molar-refractivity contribution in [2.24, 2.45) is 0 Å². The normalized spacial score (nSPS) is 12.1. The number of nitro benzene ring substituents is 1. The average Bonchev–Trinajstić information content (AvgIpc) is 2.48. The van der Waals surface area contributed by atoms with Crippen LogP contribution < -0.4 is 5.32 Å². The van der Waals surface area contributed by atoms with Gasteiger partial charge in [0.2, 0.25) is 0 Å². The van der Waals surface area contributed by atoms with Gasteiger partial charge in [-0.25, -0.2) is 4.39 Å². The molecule has 0 heterocycles. The predicted molar refractivity (Wildman–Crippen MR) is 76.2 cm³/mol. The van der Waals surface area contributed by atoms with E-state index < -0.39 is 11.0 Å². The van der Waals surface area contributed by atoms with E-state index in [0.29, 0.717) is 11.1 Å². The van der Waals surface area contributed by atoms with E-state index in [9.17, 15) is 19.6 Å². The van der Waals surface area contributed by atoms with Crippen LogP contribution in [0.2, 0.25) is 0 Å². The third kappa shape index (κ3) is 4.08. The largest absolute Gasteiger partial charge is 0.387 e. The number of halogens is 1. The van der Waals surface area contributed by atoms with Crippen molar-refractivity contribution in [3.63, 3.8) is 0 Å². The topological polar surface area (TPSA) is 75.4 Å². The molecule has 0 bridgehead atoms. The molecule has 0 radical (unpaired) electrons. The monoisotopic (exact) mass is 290 g/mol. The van der Waals surface area contributed by atoms with Gasteiger partial charge in [0.05, 0.1) is 11.0 Å². The second kappa shape index (κ2) is 6.92. The molecule has 5 nitrogen and oxygen atoms in total. The molecule has 2 N–H and O–H groups in total. The Kier molecular flexibility index (Phi) is 4.97. The first kappa shape index (κ1) is 15.1. The molecule has 2 rings (SSSR count). The van der Waals surface area contributed by atoms with Crippen LogP contribution in [-0.2, 0) is 6.54 Å². The van der Waals surface area contributed by atoms with Crippen LogP contribution in [-0.4, -0.2) is 16.6 Å². The molecule has 1 unspecified atom stereocenters. The molecule has 1 atom stereocenters. The van der Waals surface area contributed by atoms with Crippen molar-refractivity contribution in [3.05, 3.63) is 75.6 Å². The van der Waals surface area contributed by atoms with Crippen molar-refractivity contribution in [1.29, 1.82) is 0 Å². The minimum Gasteiger partial charge on any atom is -0.387 e. The fourth-order valence-electron chi connectivity index (χ4n) is 1.98. The minimum atomic E-state index is -0.798. The van der Waals surface area contributed by atoms with Crippen LogP contribution in [0.4, 0.5) is 10.1 Å². The highest BCUT2D eigenvalue weighted by atomic mass is 19.1. The molecule has 2 aromatic carbocycles. The summed E-state index contributed by atoms with van der Waals surface area (Å²) in [5, 5.41) is 23.8. The van der Waals surface area contributed by atoms with E-state index in [4.69, 9.17) is 0 Å². The molecular formula is C15H15FN2O3. The number of nitrogens with zero attached hydrogens (tertiary/aromatic N) is 1. The Labute approximate surface area is 121 Å². The maximum Gasteiger partial charge on any atom is 0.273 e. The van der Waals surface area contributed by atoms with E-state index in [-0.39, 0.29) is 24.6 Å². The third-order valence-corrected chi connectivity index (χ3v) is 3.10. The summed E-state index contributed by atoms with van der Waals surface area (Å²) in [6, 6.07) is 12.0. The van der Waals surface area contributed by atoms with Crippen LogP contribution in [0.15, 0.2) is 48.5 Å². The van der Waals surface area contributed by atoms with Crippen LogP contribution in [0.3, 0.4) is 0 Å². The number of para-hydroxylation sites is 1. The van der Waals surface area contributed by atoms with Gasteiger partial charge in [0.25, 0.3) is 5.69 Å². The molecule has 0 saturated heterocycles. The Morgan fingerprint density at radius 1 is 1.19 bits per heavy atom. The highest BCUT2D eigenvalue weighted by Gasteiger charge is 2.13. The summed E-state index contributed by atoms with van der Waals surface area (Å²) in [5.74, 6) is -0.362. The number of aliphatic hydroxyl groups excluding tert-OH is 1. The van der Waals surface area contributed by atoms with E-state index in [2.05, 4.69) is 5.32 Å². The summed E-state index contributed by atoms with van der Waals surface area (Å²) in [7, 11) is 0. The molecule has 0 aromatic heterocycles. The lowest BCUT2D eigenvalue weighted by Gasteiger charge is -2.12. The molecule has 0 aliphatic heterocycles. The number of rotatable bonds is 6. The zero-order valence-electron chi connectivity index (χ0n) is 11.2. The maximum absolute atomic E-state index is 12.8. The van der Waals surface area contributed by atoms with E-state index >= 15 is 0 Å². The molecule has 0 amide bonds. The van der Waals surface area contributed by atoms with Gasteiger partial charge in [-0.1, -0.05) is 30.3 Å². The number of nitro groups is 1. The average molecular weight is 290 g/mol. The summed E-state index contributed by atoms with van der Waals surface area (Å²) < 4.78 is 12.8. The van der Waals surface area contributed by atoms with Crippen LogP contribution in [0.1, 0.15) is 17.2 Å². The number of benzene rings is 2. The van der Waals surface area contributed by atoms with Crippen LogP contribution >= 0.6 is 0 Å². The van der Waals surface area contributed by atoms with Gasteiger partial charge in [0, 0.05) is 24.7 Å². The van der Waals surface area contributed by atoms with Crippen molar-refractivity contribution < 1.29 is 14.4 Å². The van der Waals surface area contributed by atoms with Gasteiger partial charge in [-0.05, 0) is 17.7 Å². The second-order valence-electron chi connectivity index (χ2n) is 4.58. The Hall–Kier alpha value is -2.31. The zero-order chi connectivity index (χ0) is 15.2. The minimum absolute atomic E-state index is 0.0428. The summed E-state index contributed by atoms with van der Waals surface area (Å²) >= 11 is 0. The van der Waals surface area contributed by atoms with Gasteiger partial charge in [0.1, 0.15) is 5.82 Å². The molecule has 6 heteroatoms. The molecule has 110 valence electrons. The lowest BCUT2D eigenvalue weighted by molar-refractivity contribution is -0.385. The zero-order valence-corrected chi connectivity index (χ0v) is 11.2. The first-order valence-electron chi connectivity index (χ1n) is 6.44. The van der Waals surface area contributed by atoms with E-state index in [1.54, 1.807) is 18.2 Å². The van der Waals surface area contributed by atoms with Gasteiger partial charge < -0.3 is 10.4 Å². The molecule has 0 aliphatic rings. The Morgan fingerprint density at radius 3 is 2.52 bits per heavy atom. The van der Waals surface area contributed by atoms with E-state index in [1.165, 1.54) is 30.3 Å². The lowest BCUT2D eigenvalue weighted by atomic mass is 10.1. The standard InChI is InChI=1S/C15H15FN2O3/c16-13-7-5-11(6-8-13)15(19)10-17-9-12-3-1-2-4-14(12)18(20)21/h1-8,15,17,19H,9-10H2. The number of nitrogens with one attached hydrogen (secondary N) is 1. The van der Waals surface area contributed by atoms with Gasteiger partial charge in [-0.3, -0.25) is 10.1 Å². The highest BCUT2D eigenvalue weighted by Crippen LogP contribution is 2.18. The summed E-state index contributed by atoms with van der Waals surface area (Å²) in [5.41, 5.74) is 1.18. The quantitative estimate of drug-likeness (QED) is 0.633. The fourth-order valence-corrected chi connectivity index (χ4v) is 1.98. The highest BCUT2D eigenvalue weighted by molar-refractivity contribution is 5.39. The van der Waals surface area contributed by atoms with Crippen molar-refractivity contribution in [2.45, 2.75) is 12.6 Å². The Morgan fingerprint density at radius 2 is 1.86 bits per heavy atom. The smallest absolute Gasteiger partial charge is 0.273 e. The third-order valence-electron chi connectivity index (χ3n) is 3.10. The van der Waals surface area contributed by atoms with Crippen molar-refractivity contribution in [2.75, 3.05) is 6.54 Å². The summed E-state index contributed by atoms with van der Waals surface area (Å²) in [4.78, 5) is 10.4. The van der Waals surface area contributed by atoms with Crippen LogP contribution in [0, 0.1) is 15.9 Å². The van der Waals surface area contributed by atoms with Crippen LogP contribution in [0.25, 0.3) is 0 Å². The van der Waals surface area contributed by atoms with Crippen molar-refractivity contribution >= 4 is 5.69 Å². The van der Waals surface area contributed by atoms with Crippen molar-refractivity contribution in [1.82, 2.24) is 5.32 Å². The summed E-state index contributed by atoms with van der Waals surface area (Å²) in [6.45, 7) is 0.493. The van der Waals surface area contributed by atoms with Gasteiger partial charge in [0.15, 0.2) is 0 Å². The van der Waals surface area contributed by atoms with Crippen molar-refractivity contribution in [3.8, 4) is 0 Å². The molecule has 21 heavy (non-hydrogen) atoms. The molecule has 0 spiro atoms. The SMILES string of the molecule is O=[N+]([O-])c1ccccc1CNCC(O)c1ccc(F)cc1. The first-order valence-corrected chi connectivity index (χ1v) is 6.44. The predicted octanol–water partition coefficient (Wildman–Crippen LogP) is 2.56. The van der Waals surface area contributed by atoms with E-state index in [1.807, 2.05) is 0 Å². The number of hydrogen-bond acceptors (Lipinski definition) is 4. The maximum atomic E-state index is 12.8. The van der Waals surface area contributed by atoms with Gasteiger partial charge >= 0.3 is 0 Å². The molecule has 0 aliphatic carbocycles. The molecular weight excluding hydrogens is 275 g/mol.